The topological polar surface area (TPSA) is 75.7 Å². The Labute approximate surface area is 170 Å². The zero-order valence-electron chi connectivity index (χ0n) is 16.5. The van der Waals surface area contributed by atoms with Crippen molar-refractivity contribution in [2.45, 2.75) is 37.1 Å². The van der Waals surface area contributed by atoms with E-state index in [4.69, 9.17) is 4.74 Å². The average Bonchev–Trinajstić information content (AvgIpc) is 2.73. The van der Waals surface area contributed by atoms with E-state index in [0.29, 0.717) is 24.4 Å². The van der Waals surface area contributed by atoms with Crippen LogP contribution in [0.1, 0.15) is 48.1 Å². The van der Waals surface area contributed by atoms with Crippen LogP contribution in [0.5, 0.6) is 5.75 Å². The van der Waals surface area contributed by atoms with Gasteiger partial charge in [0.05, 0.1) is 17.6 Å². The van der Waals surface area contributed by atoms with Crippen molar-refractivity contribution < 1.29 is 22.3 Å². The number of hydrogen-bond acceptors (Lipinski definition) is 4. The van der Waals surface area contributed by atoms with E-state index in [-0.39, 0.29) is 22.2 Å². The molecule has 156 valence electrons. The van der Waals surface area contributed by atoms with Gasteiger partial charge in [-0.1, -0.05) is 12.1 Å². The van der Waals surface area contributed by atoms with Crippen molar-refractivity contribution >= 4 is 15.9 Å². The van der Waals surface area contributed by atoms with E-state index < -0.39 is 16.1 Å². The van der Waals surface area contributed by atoms with Crippen LogP contribution in [0.2, 0.25) is 0 Å². The molecule has 0 radical (unpaired) electrons. The molecule has 2 aromatic rings. The van der Waals surface area contributed by atoms with E-state index in [0.717, 1.165) is 19.3 Å². The number of carbonyl (C=O) groups is 1. The first kappa shape index (κ1) is 21.3. The van der Waals surface area contributed by atoms with Gasteiger partial charge in [0, 0.05) is 19.1 Å². The largest absolute Gasteiger partial charge is 0.496 e. The molecule has 0 saturated carbocycles. The molecule has 3 rings (SSSR count). The third-order valence-corrected chi connectivity index (χ3v) is 6.60. The van der Waals surface area contributed by atoms with Gasteiger partial charge in [0.2, 0.25) is 10.0 Å². The van der Waals surface area contributed by atoms with Gasteiger partial charge in [-0.3, -0.25) is 4.79 Å². The highest BCUT2D eigenvalue weighted by atomic mass is 32.2. The van der Waals surface area contributed by atoms with E-state index in [1.165, 1.54) is 49.6 Å². The summed E-state index contributed by atoms with van der Waals surface area (Å²) >= 11 is 0. The third-order valence-electron chi connectivity index (χ3n) is 5.06. The number of nitrogens with zero attached hydrogens (tertiary/aromatic N) is 1. The van der Waals surface area contributed by atoms with E-state index >= 15 is 0 Å². The summed E-state index contributed by atoms with van der Waals surface area (Å²) in [5.41, 5.74) is 0.861. The number of nitrogens with one attached hydrogen (secondary N) is 1. The number of sulfonamides is 1. The maximum Gasteiger partial charge on any atom is 0.257 e. The molecule has 1 fully saturated rings. The Hall–Kier alpha value is -2.45. The third kappa shape index (κ3) is 4.94. The van der Waals surface area contributed by atoms with Gasteiger partial charge in [0.1, 0.15) is 11.6 Å². The molecule has 1 amide bonds. The molecule has 0 aliphatic carbocycles. The van der Waals surface area contributed by atoms with Crippen LogP contribution in [0, 0.1) is 5.82 Å². The predicted molar refractivity (Wildman–Crippen MR) is 108 cm³/mol. The molecule has 29 heavy (non-hydrogen) atoms. The quantitative estimate of drug-likeness (QED) is 0.776. The summed E-state index contributed by atoms with van der Waals surface area (Å²) in [6.07, 6.45) is 2.95. The first-order valence-electron chi connectivity index (χ1n) is 9.57. The summed E-state index contributed by atoms with van der Waals surface area (Å²) in [4.78, 5) is 14.6. The summed E-state index contributed by atoms with van der Waals surface area (Å²) in [6.45, 7) is 2.98. The number of methoxy groups -OCH3 is 1. The normalized spacial score (nSPS) is 15.8. The average molecular weight is 421 g/mol. The molecule has 6 nitrogen and oxygen atoms in total. The minimum Gasteiger partial charge on any atom is -0.496 e. The van der Waals surface area contributed by atoms with Crippen LogP contribution < -0.4 is 9.46 Å². The van der Waals surface area contributed by atoms with Crippen LogP contribution >= 0.6 is 0 Å². The molecule has 1 aliphatic heterocycles. The Morgan fingerprint density at radius 2 is 1.76 bits per heavy atom. The zero-order valence-corrected chi connectivity index (χ0v) is 17.3. The molecule has 0 aromatic heterocycles. The van der Waals surface area contributed by atoms with Crippen molar-refractivity contribution in [1.29, 1.82) is 0 Å². The lowest BCUT2D eigenvalue weighted by molar-refractivity contribution is 0.0720. The number of likely N-dealkylation sites (tertiary alicyclic amines) is 1. The van der Waals surface area contributed by atoms with Crippen molar-refractivity contribution in [3.8, 4) is 5.75 Å². The van der Waals surface area contributed by atoms with Gasteiger partial charge < -0.3 is 9.64 Å². The monoisotopic (exact) mass is 420 g/mol. The number of ether oxygens (including phenoxy) is 1. The lowest BCUT2D eigenvalue weighted by atomic mass is 10.1. The second-order valence-electron chi connectivity index (χ2n) is 7.11. The predicted octanol–water partition coefficient (Wildman–Crippen LogP) is 3.50. The SMILES string of the molecule is COc1ccc(S(=O)(=O)N[C@H](C)c2ccc(F)cc2)cc1C(=O)N1CCCCC1. The van der Waals surface area contributed by atoms with Crippen LogP contribution in [0.15, 0.2) is 47.4 Å². The molecule has 1 saturated heterocycles. The van der Waals surface area contributed by atoms with Crippen LogP contribution in [0.25, 0.3) is 0 Å². The molecule has 1 N–H and O–H groups in total. The van der Waals surface area contributed by atoms with Crippen molar-refractivity contribution in [2.75, 3.05) is 20.2 Å². The van der Waals surface area contributed by atoms with Gasteiger partial charge in [0.15, 0.2) is 0 Å². The van der Waals surface area contributed by atoms with E-state index in [1.54, 1.807) is 11.8 Å². The zero-order chi connectivity index (χ0) is 21.0. The van der Waals surface area contributed by atoms with E-state index in [9.17, 15) is 17.6 Å². The van der Waals surface area contributed by atoms with Crippen LogP contribution in [-0.2, 0) is 10.0 Å². The summed E-state index contributed by atoms with van der Waals surface area (Å²) < 4.78 is 46.7. The molecule has 0 unspecified atom stereocenters. The van der Waals surface area contributed by atoms with E-state index in [1.807, 2.05) is 0 Å². The fourth-order valence-corrected chi connectivity index (χ4v) is 4.67. The lowest BCUT2D eigenvalue weighted by Gasteiger charge is -2.27. The highest BCUT2D eigenvalue weighted by Gasteiger charge is 2.25. The first-order valence-corrected chi connectivity index (χ1v) is 11.1. The molecule has 1 heterocycles. The molecule has 0 spiro atoms. The minimum atomic E-state index is -3.90. The summed E-state index contributed by atoms with van der Waals surface area (Å²) in [6, 6.07) is 9.31. The van der Waals surface area contributed by atoms with Gasteiger partial charge in [-0.2, -0.15) is 0 Å². The number of rotatable bonds is 6. The Morgan fingerprint density at radius 3 is 2.38 bits per heavy atom. The van der Waals surface area contributed by atoms with Crippen molar-refractivity contribution in [3.05, 3.63) is 59.4 Å². The number of carbonyl (C=O) groups excluding carboxylic acids is 1. The number of hydrogen-bond donors (Lipinski definition) is 1. The molecule has 2 aromatic carbocycles. The molecular formula is C21H25FN2O4S. The maximum absolute atomic E-state index is 13.1. The first-order chi connectivity index (χ1) is 13.8. The highest BCUT2D eigenvalue weighted by molar-refractivity contribution is 7.89. The van der Waals surface area contributed by atoms with Crippen LogP contribution in [-0.4, -0.2) is 39.4 Å². The molecule has 1 aliphatic rings. The number of benzene rings is 2. The Bertz CT molecular complexity index is 971. The molecular weight excluding hydrogens is 395 g/mol. The number of piperidine rings is 1. The van der Waals surface area contributed by atoms with Crippen LogP contribution in [0.3, 0.4) is 0 Å². The van der Waals surface area contributed by atoms with E-state index in [2.05, 4.69) is 4.72 Å². The molecule has 1 atom stereocenters. The van der Waals surface area contributed by atoms with Gasteiger partial charge in [-0.25, -0.2) is 17.5 Å². The van der Waals surface area contributed by atoms with Gasteiger partial charge >= 0.3 is 0 Å². The van der Waals surface area contributed by atoms with Crippen molar-refractivity contribution in [3.63, 3.8) is 0 Å². The standard InChI is InChI=1S/C21H25FN2O4S/c1-15(16-6-8-17(22)9-7-16)23-29(26,27)18-10-11-20(28-2)19(14-18)21(25)24-12-4-3-5-13-24/h6-11,14-15,23H,3-5,12-13H2,1-2H3/t15-/m1/s1. The number of halogens is 1. The van der Waals surface area contributed by atoms with Gasteiger partial charge in [0.25, 0.3) is 5.91 Å². The Balaban J connectivity index is 1.86. The molecule has 8 heteroatoms. The fourth-order valence-electron chi connectivity index (χ4n) is 3.41. The summed E-state index contributed by atoms with van der Waals surface area (Å²) in [7, 11) is -2.45. The number of amides is 1. The second-order valence-corrected chi connectivity index (χ2v) is 8.82. The highest BCUT2D eigenvalue weighted by Crippen LogP contribution is 2.26. The Kier molecular flexibility index (Phi) is 6.54. The van der Waals surface area contributed by atoms with Crippen LogP contribution in [0.4, 0.5) is 4.39 Å². The fraction of sp³-hybridized carbons (Fsp3) is 0.381. The summed E-state index contributed by atoms with van der Waals surface area (Å²) in [5, 5.41) is 0. The second kappa shape index (κ2) is 8.92. The smallest absolute Gasteiger partial charge is 0.257 e. The van der Waals surface area contributed by atoms with Crippen molar-refractivity contribution in [1.82, 2.24) is 9.62 Å². The lowest BCUT2D eigenvalue weighted by Crippen LogP contribution is -2.36. The minimum absolute atomic E-state index is 0.0207. The maximum atomic E-state index is 13.1. The Morgan fingerprint density at radius 1 is 1.10 bits per heavy atom. The molecule has 0 bridgehead atoms. The van der Waals surface area contributed by atoms with Crippen molar-refractivity contribution in [2.24, 2.45) is 0 Å². The van der Waals surface area contributed by atoms with Gasteiger partial charge in [-0.15, -0.1) is 0 Å². The van der Waals surface area contributed by atoms with Gasteiger partial charge in [-0.05, 0) is 62.1 Å². The summed E-state index contributed by atoms with van der Waals surface area (Å²) in [5.74, 6) is -0.281.